The molecule has 0 aromatic heterocycles. The topological polar surface area (TPSA) is 72.8 Å². The Morgan fingerprint density at radius 1 is 0.958 bits per heavy atom. The highest BCUT2D eigenvalue weighted by Crippen LogP contribution is 2.49. The molecule has 1 aromatic rings. The van der Waals surface area contributed by atoms with Crippen molar-refractivity contribution in [1.82, 2.24) is 0 Å². The predicted molar refractivity (Wildman–Crippen MR) is 87.4 cm³/mol. The smallest absolute Gasteiger partial charge is 0.199 e. The van der Waals surface area contributed by atoms with E-state index in [1.807, 2.05) is 0 Å². The fourth-order valence-electron chi connectivity index (χ4n) is 3.74. The molecular weight excluding hydrogens is 308 g/mol. The maximum atomic E-state index is 13.2. The Morgan fingerprint density at radius 3 is 2.29 bits per heavy atom. The second-order valence-electron chi connectivity index (χ2n) is 6.01. The first-order valence-electron chi connectivity index (χ1n) is 7.80. The van der Waals surface area contributed by atoms with Crippen LogP contribution in [0.3, 0.4) is 0 Å². The van der Waals surface area contributed by atoms with Crippen LogP contribution in [0.25, 0.3) is 5.76 Å². The van der Waals surface area contributed by atoms with Crippen molar-refractivity contribution in [2.24, 2.45) is 0 Å². The van der Waals surface area contributed by atoms with E-state index < -0.39 is 0 Å². The van der Waals surface area contributed by atoms with Gasteiger partial charge in [0, 0.05) is 23.1 Å². The van der Waals surface area contributed by atoms with Crippen LogP contribution in [0, 0.1) is 0 Å². The number of carbonyl (C=O) groups is 2. The number of fused-ring (bicyclic) bond motifs is 3. The van der Waals surface area contributed by atoms with Crippen molar-refractivity contribution in [2.45, 2.75) is 19.3 Å². The summed E-state index contributed by atoms with van der Waals surface area (Å²) in [6.07, 6.45) is 3.69. The van der Waals surface area contributed by atoms with Crippen LogP contribution in [0.2, 0.25) is 0 Å². The molecule has 122 valence electrons. The van der Waals surface area contributed by atoms with Gasteiger partial charge in [0.05, 0.1) is 25.3 Å². The highest BCUT2D eigenvalue weighted by molar-refractivity contribution is 6.25. The second kappa shape index (κ2) is 5.09. The normalized spacial score (nSPS) is 19.0. The molecule has 1 aromatic carbocycles. The molecule has 5 heteroatoms. The van der Waals surface area contributed by atoms with E-state index in [-0.39, 0.29) is 22.9 Å². The van der Waals surface area contributed by atoms with E-state index in [9.17, 15) is 14.7 Å². The van der Waals surface area contributed by atoms with Crippen molar-refractivity contribution in [3.8, 4) is 11.5 Å². The van der Waals surface area contributed by atoms with Crippen LogP contribution in [-0.4, -0.2) is 30.9 Å². The van der Waals surface area contributed by atoms with Gasteiger partial charge in [0.2, 0.25) is 0 Å². The number of aliphatic hydroxyl groups is 1. The molecule has 1 N–H and O–H groups in total. The lowest BCUT2D eigenvalue weighted by Gasteiger charge is -2.23. The van der Waals surface area contributed by atoms with E-state index in [2.05, 4.69) is 0 Å². The number of benzene rings is 1. The van der Waals surface area contributed by atoms with Gasteiger partial charge in [0.1, 0.15) is 17.3 Å². The van der Waals surface area contributed by atoms with Crippen LogP contribution >= 0.6 is 0 Å². The number of rotatable bonds is 2. The summed E-state index contributed by atoms with van der Waals surface area (Å²) >= 11 is 0. The van der Waals surface area contributed by atoms with Crippen molar-refractivity contribution in [3.05, 3.63) is 51.6 Å². The van der Waals surface area contributed by atoms with E-state index >= 15 is 0 Å². The lowest BCUT2D eigenvalue weighted by atomic mass is 9.82. The fraction of sp³-hybridized carbons (Fsp3) is 0.263. The molecule has 0 saturated heterocycles. The van der Waals surface area contributed by atoms with Crippen molar-refractivity contribution in [1.29, 1.82) is 0 Å². The van der Waals surface area contributed by atoms with Crippen molar-refractivity contribution in [2.75, 3.05) is 14.2 Å². The first-order chi connectivity index (χ1) is 11.6. The van der Waals surface area contributed by atoms with Crippen molar-refractivity contribution >= 4 is 17.3 Å². The molecule has 0 radical (unpaired) electrons. The Balaban J connectivity index is 2.08. The van der Waals surface area contributed by atoms with E-state index in [1.54, 1.807) is 18.2 Å². The standard InChI is InChI=1S/C19H16O5/c1-23-12-6-7-13(24-2)17-16(12)18(21)10-8-9-4-3-5-11(20)14(9)15(10)19(17)22/h6-8,21H,3-5H2,1-2H3. The van der Waals surface area contributed by atoms with Gasteiger partial charge in [0.25, 0.3) is 0 Å². The Kier molecular flexibility index (Phi) is 3.13. The quantitative estimate of drug-likeness (QED) is 0.904. The molecule has 0 unspecified atom stereocenters. The zero-order chi connectivity index (χ0) is 17.0. The number of allylic oxidation sites excluding steroid dienone is 5. The molecule has 0 bridgehead atoms. The van der Waals surface area contributed by atoms with Gasteiger partial charge in [-0.25, -0.2) is 0 Å². The summed E-state index contributed by atoms with van der Waals surface area (Å²) in [6, 6.07) is 3.28. The molecule has 0 aliphatic heterocycles. The molecule has 1 saturated carbocycles. The van der Waals surface area contributed by atoms with Crippen LogP contribution in [0.5, 0.6) is 11.5 Å². The van der Waals surface area contributed by atoms with E-state index in [4.69, 9.17) is 9.47 Å². The van der Waals surface area contributed by atoms with Gasteiger partial charge >= 0.3 is 0 Å². The number of aliphatic hydroxyl groups excluding tert-OH is 1. The molecule has 0 atom stereocenters. The SMILES string of the molecule is COc1ccc(OC)c2c1C(=O)C1=C3C(=O)CCCC3=CC1=C2O. The van der Waals surface area contributed by atoms with Gasteiger partial charge in [-0.15, -0.1) is 0 Å². The first-order valence-corrected chi connectivity index (χ1v) is 7.80. The molecule has 0 amide bonds. The van der Waals surface area contributed by atoms with Crippen LogP contribution in [0.15, 0.2) is 40.5 Å². The minimum absolute atomic E-state index is 0.0380. The van der Waals surface area contributed by atoms with Crippen LogP contribution in [-0.2, 0) is 4.79 Å². The third-order valence-electron chi connectivity index (χ3n) is 4.80. The number of carbonyl (C=O) groups excluding carboxylic acids is 2. The Bertz CT molecular complexity index is 899. The monoisotopic (exact) mass is 324 g/mol. The Hall–Kier alpha value is -2.82. The number of hydrogen-bond donors (Lipinski definition) is 1. The molecule has 3 aliphatic rings. The Morgan fingerprint density at radius 2 is 1.62 bits per heavy atom. The molecule has 24 heavy (non-hydrogen) atoms. The summed E-state index contributed by atoms with van der Waals surface area (Å²) in [4.78, 5) is 25.5. The molecule has 0 heterocycles. The molecule has 4 rings (SSSR count). The summed E-state index contributed by atoms with van der Waals surface area (Å²) < 4.78 is 10.6. The van der Waals surface area contributed by atoms with Crippen LogP contribution in [0.1, 0.15) is 35.2 Å². The number of hydrogen-bond acceptors (Lipinski definition) is 5. The molecule has 0 spiro atoms. The van der Waals surface area contributed by atoms with E-state index in [1.165, 1.54) is 14.2 Å². The highest BCUT2D eigenvalue weighted by Gasteiger charge is 2.41. The number of methoxy groups -OCH3 is 2. The average Bonchev–Trinajstić information content (AvgIpc) is 2.99. The lowest BCUT2D eigenvalue weighted by Crippen LogP contribution is -2.20. The van der Waals surface area contributed by atoms with Gasteiger partial charge in [-0.3, -0.25) is 9.59 Å². The minimum Gasteiger partial charge on any atom is -0.507 e. The van der Waals surface area contributed by atoms with E-state index in [0.29, 0.717) is 40.2 Å². The summed E-state index contributed by atoms with van der Waals surface area (Å²) in [7, 11) is 2.95. The lowest BCUT2D eigenvalue weighted by molar-refractivity contribution is -0.115. The first kappa shape index (κ1) is 14.8. The number of ether oxygens (including phenoxy) is 2. The highest BCUT2D eigenvalue weighted by atomic mass is 16.5. The van der Waals surface area contributed by atoms with Crippen molar-refractivity contribution in [3.63, 3.8) is 0 Å². The second-order valence-corrected chi connectivity index (χ2v) is 6.01. The Labute approximate surface area is 138 Å². The number of ketones is 2. The fourth-order valence-corrected chi connectivity index (χ4v) is 3.74. The van der Waals surface area contributed by atoms with Gasteiger partial charge < -0.3 is 14.6 Å². The van der Waals surface area contributed by atoms with Crippen LogP contribution < -0.4 is 9.47 Å². The van der Waals surface area contributed by atoms with Crippen LogP contribution in [0.4, 0.5) is 0 Å². The maximum absolute atomic E-state index is 13.2. The zero-order valence-corrected chi connectivity index (χ0v) is 13.4. The van der Waals surface area contributed by atoms with Gasteiger partial charge in [-0.1, -0.05) is 0 Å². The molecular formula is C19H16O5. The van der Waals surface area contributed by atoms with Crippen molar-refractivity contribution < 1.29 is 24.2 Å². The maximum Gasteiger partial charge on any atom is 0.199 e. The minimum atomic E-state index is -0.301. The molecule has 5 nitrogen and oxygen atoms in total. The third kappa shape index (κ3) is 1.75. The zero-order valence-electron chi connectivity index (χ0n) is 13.4. The average molecular weight is 324 g/mol. The molecule has 3 aliphatic carbocycles. The molecule has 1 fully saturated rings. The summed E-state index contributed by atoms with van der Waals surface area (Å²) in [6.45, 7) is 0. The summed E-state index contributed by atoms with van der Waals surface area (Å²) in [5.41, 5.74) is 2.58. The summed E-state index contributed by atoms with van der Waals surface area (Å²) in [5.74, 6) is 0.366. The van der Waals surface area contributed by atoms with Gasteiger partial charge in [-0.05, 0) is 36.6 Å². The van der Waals surface area contributed by atoms with E-state index in [0.717, 1.165) is 18.4 Å². The van der Waals surface area contributed by atoms with Gasteiger partial charge in [0.15, 0.2) is 11.6 Å². The largest absolute Gasteiger partial charge is 0.507 e. The summed E-state index contributed by atoms with van der Waals surface area (Å²) in [5, 5.41) is 10.8. The number of Topliss-reactive ketones (excluding diaryl/α,β-unsaturated/α-hetero) is 2. The van der Waals surface area contributed by atoms with Gasteiger partial charge in [-0.2, -0.15) is 0 Å². The third-order valence-corrected chi connectivity index (χ3v) is 4.80. The predicted octanol–water partition coefficient (Wildman–Crippen LogP) is 3.16.